The predicted octanol–water partition coefficient (Wildman–Crippen LogP) is 4.21. The van der Waals surface area contributed by atoms with Gasteiger partial charge in [0.05, 0.1) is 31.0 Å². The number of carboxylic acid groups (broad SMARTS) is 1. The highest BCUT2D eigenvalue weighted by atomic mass is 19.3. The predicted molar refractivity (Wildman–Crippen MR) is 117 cm³/mol. The second kappa shape index (κ2) is 7.20. The lowest BCUT2D eigenvalue weighted by Crippen LogP contribution is -2.50. The summed E-state index contributed by atoms with van der Waals surface area (Å²) in [5, 5.41) is 11.6. The molecular weight excluding hydrogens is 434 g/mol. The molecule has 2 fully saturated rings. The minimum atomic E-state index is -2.60. The number of ether oxygens (including phenoxy) is 2. The molecule has 1 atom stereocenters. The van der Waals surface area contributed by atoms with Crippen molar-refractivity contribution in [3.63, 3.8) is 0 Å². The van der Waals surface area contributed by atoms with Crippen LogP contribution in [0.2, 0.25) is 0 Å². The molecule has 2 aliphatic heterocycles. The van der Waals surface area contributed by atoms with Crippen LogP contribution in [0.1, 0.15) is 61.5 Å². The van der Waals surface area contributed by atoms with Gasteiger partial charge in [0.1, 0.15) is 5.56 Å². The number of hydrogen-bond acceptors (Lipinski definition) is 5. The summed E-state index contributed by atoms with van der Waals surface area (Å²) in [5.41, 5.74) is 1.16. The molecule has 0 spiro atoms. The average Bonchev–Trinajstić information content (AvgIpc) is 3.05. The second-order valence-corrected chi connectivity index (χ2v) is 9.83. The molecule has 5 rings (SSSR count). The molecule has 1 unspecified atom stereocenters. The van der Waals surface area contributed by atoms with Gasteiger partial charge in [0, 0.05) is 36.6 Å². The first kappa shape index (κ1) is 21.7. The normalized spacial score (nSPS) is 22.1. The molecule has 1 aromatic heterocycles. The molecule has 33 heavy (non-hydrogen) atoms. The lowest BCUT2D eigenvalue weighted by molar-refractivity contribution is -0.119. The third-order valence-corrected chi connectivity index (χ3v) is 7.06. The van der Waals surface area contributed by atoms with Crippen LogP contribution in [0.5, 0.6) is 11.5 Å². The van der Waals surface area contributed by atoms with Gasteiger partial charge in [-0.1, -0.05) is 0 Å². The van der Waals surface area contributed by atoms with Crippen LogP contribution in [-0.4, -0.2) is 40.9 Å². The standard InChI is InChI=1S/C24H26F2N2O5/c1-23(2)5-4-17-14-7-21(33-12-13-9-24(25,26)10-13)20(32-3)6-15(14)18-8-19(29)16(22(30)31)11-27(18)28(17)23/h6-8,11,13,17H,4-5,9-10,12H2,1-3H3,(H,30,31). The zero-order valence-electron chi connectivity index (χ0n) is 18.7. The maximum absolute atomic E-state index is 13.2. The Morgan fingerprint density at radius 3 is 2.58 bits per heavy atom. The molecule has 7 nitrogen and oxygen atoms in total. The number of halogens is 2. The van der Waals surface area contributed by atoms with Crippen molar-refractivity contribution in [2.75, 3.05) is 18.7 Å². The van der Waals surface area contributed by atoms with Crippen molar-refractivity contribution in [2.24, 2.45) is 5.92 Å². The largest absolute Gasteiger partial charge is 0.493 e. The summed E-state index contributed by atoms with van der Waals surface area (Å²) >= 11 is 0. The monoisotopic (exact) mass is 460 g/mol. The van der Waals surface area contributed by atoms with Crippen molar-refractivity contribution in [3.8, 4) is 22.8 Å². The first-order valence-corrected chi connectivity index (χ1v) is 11.0. The van der Waals surface area contributed by atoms with Gasteiger partial charge in [0.25, 0.3) is 0 Å². The van der Waals surface area contributed by atoms with E-state index in [1.54, 1.807) is 10.7 Å². The van der Waals surface area contributed by atoms with Gasteiger partial charge in [-0.15, -0.1) is 0 Å². The molecule has 1 N–H and O–H groups in total. The number of aromatic carboxylic acids is 1. The fraction of sp³-hybridized carbons (Fsp3) is 0.500. The molecular formula is C24H26F2N2O5. The Kier molecular flexibility index (Phi) is 4.74. The Bertz CT molecular complexity index is 1200. The zero-order chi connectivity index (χ0) is 23.7. The van der Waals surface area contributed by atoms with Crippen LogP contribution in [0.15, 0.2) is 29.2 Å². The van der Waals surface area contributed by atoms with E-state index in [4.69, 9.17) is 9.47 Å². The van der Waals surface area contributed by atoms with Gasteiger partial charge in [-0.05, 0) is 44.4 Å². The van der Waals surface area contributed by atoms with E-state index in [9.17, 15) is 23.5 Å². The molecule has 0 bridgehead atoms. The summed E-state index contributed by atoms with van der Waals surface area (Å²) in [6.07, 6.45) is 2.75. The molecule has 0 amide bonds. The van der Waals surface area contributed by atoms with Gasteiger partial charge >= 0.3 is 5.97 Å². The van der Waals surface area contributed by atoms with Crippen LogP contribution >= 0.6 is 0 Å². The van der Waals surface area contributed by atoms with Gasteiger partial charge < -0.3 is 14.6 Å². The smallest absolute Gasteiger partial charge is 0.341 e. The van der Waals surface area contributed by atoms with Crippen LogP contribution in [-0.2, 0) is 0 Å². The first-order chi connectivity index (χ1) is 15.5. The van der Waals surface area contributed by atoms with Crippen LogP contribution in [0, 0.1) is 5.92 Å². The second-order valence-electron chi connectivity index (χ2n) is 9.83. The number of carbonyl (C=O) groups is 1. The van der Waals surface area contributed by atoms with Crippen molar-refractivity contribution in [1.82, 2.24) is 4.68 Å². The van der Waals surface area contributed by atoms with Gasteiger partial charge in [0.2, 0.25) is 5.92 Å². The van der Waals surface area contributed by atoms with Crippen LogP contribution in [0.4, 0.5) is 8.78 Å². The van der Waals surface area contributed by atoms with Crippen molar-refractivity contribution >= 4 is 5.97 Å². The highest BCUT2D eigenvalue weighted by Gasteiger charge is 2.47. The van der Waals surface area contributed by atoms with E-state index in [0.29, 0.717) is 17.2 Å². The van der Waals surface area contributed by atoms with Gasteiger partial charge in [0.15, 0.2) is 16.9 Å². The number of alkyl halides is 2. The molecule has 176 valence electrons. The molecule has 9 heteroatoms. The Morgan fingerprint density at radius 2 is 1.94 bits per heavy atom. The number of carboxylic acids is 1. The highest BCUT2D eigenvalue weighted by Crippen LogP contribution is 2.51. The van der Waals surface area contributed by atoms with E-state index < -0.39 is 17.3 Å². The number of aromatic nitrogens is 1. The van der Waals surface area contributed by atoms with E-state index in [0.717, 1.165) is 24.0 Å². The molecule has 0 radical (unpaired) electrons. The molecule has 2 aromatic rings. The number of methoxy groups -OCH3 is 1. The lowest BCUT2D eigenvalue weighted by Gasteiger charge is -2.44. The Labute approximate surface area is 189 Å². The van der Waals surface area contributed by atoms with Gasteiger partial charge in [-0.2, -0.15) is 0 Å². The summed E-state index contributed by atoms with van der Waals surface area (Å²) in [6, 6.07) is 4.95. The van der Waals surface area contributed by atoms with Crippen molar-refractivity contribution in [2.45, 2.75) is 57.0 Å². The maximum atomic E-state index is 13.2. The summed E-state index contributed by atoms with van der Waals surface area (Å²) < 4.78 is 39.6. The van der Waals surface area contributed by atoms with E-state index in [2.05, 4.69) is 18.9 Å². The topological polar surface area (TPSA) is 81.0 Å². The van der Waals surface area contributed by atoms with Gasteiger partial charge in [-0.3, -0.25) is 14.5 Å². The number of hydrogen-bond donors (Lipinski definition) is 1. The van der Waals surface area contributed by atoms with E-state index in [1.165, 1.54) is 19.4 Å². The molecule has 3 heterocycles. The summed E-state index contributed by atoms with van der Waals surface area (Å²) in [4.78, 5) is 24.2. The quantitative estimate of drug-likeness (QED) is 0.720. The fourth-order valence-electron chi connectivity index (χ4n) is 5.40. The lowest BCUT2D eigenvalue weighted by atomic mass is 9.82. The number of benzene rings is 1. The van der Waals surface area contributed by atoms with Gasteiger partial charge in [-0.25, -0.2) is 13.6 Å². The molecule has 3 aliphatic rings. The van der Waals surface area contributed by atoms with Crippen LogP contribution < -0.4 is 19.9 Å². The van der Waals surface area contributed by atoms with Crippen LogP contribution in [0.25, 0.3) is 11.3 Å². The summed E-state index contributed by atoms with van der Waals surface area (Å²) in [5.74, 6) is -3.15. The molecule has 1 aromatic carbocycles. The van der Waals surface area contributed by atoms with Crippen molar-refractivity contribution in [1.29, 1.82) is 0 Å². The third-order valence-electron chi connectivity index (χ3n) is 7.06. The Balaban J connectivity index is 1.61. The number of fused-ring (bicyclic) bond motifs is 6. The van der Waals surface area contributed by atoms with E-state index >= 15 is 0 Å². The van der Waals surface area contributed by atoms with Crippen molar-refractivity contribution in [3.05, 3.63) is 45.7 Å². The molecule has 1 aliphatic carbocycles. The molecule has 1 saturated heterocycles. The maximum Gasteiger partial charge on any atom is 0.341 e. The highest BCUT2D eigenvalue weighted by molar-refractivity contribution is 5.88. The summed E-state index contributed by atoms with van der Waals surface area (Å²) in [6.45, 7) is 4.35. The summed E-state index contributed by atoms with van der Waals surface area (Å²) in [7, 11) is 1.50. The van der Waals surface area contributed by atoms with Crippen molar-refractivity contribution < 1.29 is 28.2 Å². The first-order valence-electron chi connectivity index (χ1n) is 11.0. The fourth-order valence-corrected chi connectivity index (χ4v) is 5.40. The van der Waals surface area contributed by atoms with E-state index in [1.807, 2.05) is 6.07 Å². The minimum Gasteiger partial charge on any atom is -0.493 e. The number of rotatable bonds is 5. The van der Waals surface area contributed by atoms with Crippen LogP contribution in [0.3, 0.4) is 0 Å². The zero-order valence-corrected chi connectivity index (χ0v) is 18.7. The SMILES string of the molecule is COc1cc2c(cc1OCC1CC(F)(F)C1)C1CCC(C)(C)N1n1cc(C(=O)O)c(=O)cc1-2. The Morgan fingerprint density at radius 1 is 1.21 bits per heavy atom. The average molecular weight is 460 g/mol. The third kappa shape index (κ3) is 3.45. The Hall–Kier alpha value is -3.10. The number of pyridine rings is 1. The number of nitrogens with zero attached hydrogens (tertiary/aromatic N) is 2. The van der Waals surface area contributed by atoms with E-state index in [-0.39, 0.29) is 42.5 Å². The molecule has 1 saturated carbocycles. The minimum absolute atomic E-state index is 0.0621.